The number of halogens is 2. The van der Waals surface area contributed by atoms with Crippen LogP contribution >= 0.6 is 0 Å². The fraction of sp³-hybridized carbons (Fsp3) is 0.154. The summed E-state index contributed by atoms with van der Waals surface area (Å²) in [5.41, 5.74) is 0.667. The van der Waals surface area contributed by atoms with Crippen molar-refractivity contribution >= 4 is 5.91 Å². The third-order valence-electron chi connectivity index (χ3n) is 2.59. The first-order valence-corrected chi connectivity index (χ1v) is 5.54. The van der Waals surface area contributed by atoms with Crippen molar-refractivity contribution in [1.82, 2.24) is 15.5 Å². The normalized spacial score (nSPS) is 10.3. The van der Waals surface area contributed by atoms with Crippen molar-refractivity contribution in [3.63, 3.8) is 0 Å². The monoisotopic (exact) mass is 263 g/mol. The van der Waals surface area contributed by atoms with Crippen LogP contribution < -0.4 is 5.32 Å². The molecule has 1 N–H and O–H groups in total. The Morgan fingerprint density at radius 3 is 2.26 bits per heavy atom. The molecule has 4 nitrogen and oxygen atoms in total. The van der Waals surface area contributed by atoms with Gasteiger partial charge >= 0.3 is 0 Å². The van der Waals surface area contributed by atoms with Crippen LogP contribution in [0.1, 0.15) is 16.1 Å². The lowest BCUT2D eigenvalue weighted by Gasteiger charge is -2.06. The summed E-state index contributed by atoms with van der Waals surface area (Å²) in [5, 5.41) is 9.84. The summed E-state index contributed by atoms with van der Waals surface area (Å²) in [5.74, 6) is -2.68. The number of hydrogen-bond acceptors (Lipinski definition) is 3. The van der Waals surface area contributed by atoms with Crippen LogP contribution in [-0.2, 0) is 0 Å². The van der Waals surface area contributed by atoms with E-state index in [1.54, 1.807) is 19.1 Å². The fourth-order valence-electron chi connectivity index (χ4n) is 1.62. The summed E-state index contributed by atoms with van der Waals surface area (Å²) in [7, 11) is 1.31. The maximum absolute atomic E-state index is 13.8. The molecular weight excluding hydrogens is 252 g/mol. The summed E-state index contributed by atoms with van der Waals surface area (Å²) in [6.07, 6.45) is 0. The zero-order valence-corrected chi connectivity index (χ0v) is 10.4. The van der Waals surface area contributed by atoms with Crippen LogP contribution in [0.15, 0.2) is 24.3 Å². The third kappa shape index (κ3) is 2.57. The number of nitrogens with zero attached hydrogens (tertiary/aromatic N) is 2. The van der Waals surface area contributed by atoms with Gasteiger partial charge in [0.2, 0.25) is 0 Å². The number of aryl methyl sites for hydroxylation is 1. The lowest BCUT2D eigenvalue weighted by atomic mass is 10.1. The van der Waals surface area contributed by atoms with Gasteiger partial charge in [-0.3, -0.25) is 4.79 Å². The minimum atomic E-state index is -0.934. The molecule has 0 saturated heterocycles. The van der Waals surface area contributed by atoms with Crippen LogP contribution in [0.2, 0.25) is 0 Å². The van der Waals surface area contributed by atoms with Crippen molar-refractivity contribution < 1.29 is 13.6 Å². The molecule has 6 heteroatoms. The Labute approximate surface area is 108 Å². The number of carbonyl (C=O) groups excluding carboxylic acids is 1. The number of carbonyl (C=O) groups is 1. The van der Waals surface area contributed by atoms with E-state index in [1.807, 2.05) is 0 Å². The van der Waals surface area contributed by atoms with Crippen molar-refractivity contribution in [2.75, 3.05) is 7.05 Å². The molecule has 2 rings (SSSR count). The van der Waals surface area contributed by atoms with Gasteiger partial charge in [0.25, 0.3) is 5.91 Å². The van der Waals surface area contributed by atoms with Crippen LogP contribution in [0.25, 0.3) is 11.3 Å². The van der Waals surface area contributed by atoms with Crippen molar-refractivity contribution in [2.24, 2.45) is 0 Å². The molecule has 0 saturated carbocycles. The number of benzene rings is 1. The molecule has 0 spiro atoms. The highest BCUT2D eigenvalue weighted by Gasteiger charge is 2.18. The van der Waals surface area contributed by atoms with Gasteiger partial charge < -0.3 is 5.32 Å². The van der Waals surface area contributed by atoms with Crippen LogP contribution in [0.3, 0.4) is 0 Å². The topological polar surface area (TPSA) is 54.9 Å². The number of rotatable bonds is 2. The molecule has 98 valence electrons. The van der Waals surface area contributed by atoms with E-state index in [1.165, 1.54) is 7.05 Å². The lowest BCUT2D eigenvalue weighted by molar-refractivity contribution is 0.0955. The summed E-state index contributed by atoms with van der Waals surface area (Å²) >= 11 is 0. The number of amides is 1. The van der Waals surface area contributed by atoms with E-state index >= 15 is 0 Å². The second kappa shape index (κ2) is 5.09. The average molecular weight is 263 g/mol. The van der Waals surface area contributed by atoms with Crippen molar-refractivity contribution in [1.29, 1.82) is 0 Å². The second-order valence-electron chi connectivity index (χ2n) is 3.95. The molecular formula is C13H11F2N3O. The minimum Gasteiger partial charge on any atom is -0.355 e. The molecule has 0 radical (unpaired) electrons. The molecule has 1 aromatic heterocycles. The fourth-order valence-corrected chi connectivity index (χ4v) is 1.62. The Morgan fingerprint density at radius 1 is 1.16 bits per heavy atom. The number of hydrogen-bond donors (Lipinski definition) is 1. The summed E-state index contributed by atoms with van der Waals surface area (Å²) in [6, 6.07) is 5.42. The van der Waals surface area contributed by atoms with E-state index in [4.69, 9.17) is 0 Å². The van der Waals surface area contributed by atoms with Crippen molar-refractivity contribution in [3.05, 3.63) is 47.2 Å². The Bertz CT molecular complexity index is 603. The van der Waals surface area contributed by atoms with Gasteiger partial charge in [-0.25, -0.2) is 8.78 Å². The van der Waals surface area contributed by atoms with Gasteiger partial charge in [-0.2, -0.15) is 10.2 Å². The first-order valence-electron chi connectivity index (χ1n) is 5.54. The van der Waals surface area contributed by atoms with Gasteiger partial charge in [0.05, 0.1) is 11.4 Å². The molecule has 19 heavy (non-hydrogen) atoms. The van der Waals surface area contributed by atoms with Crippen molar-refractivity contribution in [3.8, 4) is 11.3 Å². The predicted octanol–water partition coefficient (Wildman–Crippen LogP) is 2.09. The van der Waals surface area contributed by atoms with Gasteiger partial charge in [0.15, 0.2) is 0 Å². The standard InChI is InChI=1S/C13H11F2N3O/c1-7-3-4-11(18-17-7)8-5-9(14)12(10(15)6-8)13(19)16-2/h3-6H,1-2H3,(H,16,19). The van der Waals surface area contributed by atoms with Gasteiger partial charge in [0.1, 0.15) is 17.2 Å². The third-order valence-corrected chi connectivity index (χ3v) is 2.59. The molecule has 0 atom stereocenters. The lowest BCUT2D eigenvalue weighted by Crippen LogP contribution is -2.21. The molecule has 1 amide bonds. The zero-order valence-electron chi connectivity index (χ0n) is 10.4. The number of nitrogens with one attached hydrogen (secondary N) is 1. The summed E-state index contributed by atoms with van der Waals surface area (Å²) in [4.78, 5) is 11.3. The quantitative estimate of drug-likeness (QED) is 0.902. The van der Waals surface area contributed by atoms with Crippen LogP contribution in [0.4, 0.5) is 8.78 Å². The summed E-state index contributed by atoms with van der Waals surface area (Å²) in [6.45, 7) is 1.76. The highest BCUT2D eigenvalue weighted by Crippen LogP contribution is 2.22. The molecule has 0 bridgehead atoms. The molecule has 1 aromatic carbocycles. The van der Waals surface area contributed by atoms with Crippen LogP contribution in [0.5, 0.6) is 0 Å². The van der Waals surface area contributed by atoms with E-state index in [2.05, 4.69) is 15.5 Å². The minimum absolute atomic E-state index is 0.232. The Balaban J connectivity index is 2.51. The molecule has 0 aliphatic rings. The Hall–Kier alpha value is -2.37. The highest BCUT2D eigenvalue weighted by atomic mass is 19.1. The maximum atomic E-state index is 13.8. The first-order chi connectivity index (χ1) is 9.02. The van der Waals surface area contributed by atoms with E-state index in [0.29, 0.717) is 11.4 Å². The average Bonchev–Trinajstić information content (AvgIpc) is 2.38. The molecule has 0 unspecified atom stereocenters. The Morgan fingerprint density at radius 2 is 1.79 bits per heavy atom. The van der Waals surface area contributed by atoms with E-state index in [-0.39, 0.29) is 5.56 Å². The zero-order chi connectivity index (χ0) is 14.0. The van der Waals surface area contributed by atoms with Crippen LogP contribution in [0, 0.1) is 18.6 Å². The first kappa shape index (κ1) is 13.1. The SMILES string of the molecule is CNC(=O)c1c(F)cc(-c2ccc(C)nn2)cc1F. The summed E-state index contributed by atoms with van der Waals surface area (Å²) < 4.78 is 27.5. The molecule has 0 aliphatic heterocycles. The molecule has 2 aromatic rings. The van der Waals surface area contributed by atoms with Gasteiger partial charge in [-0.05, 0) is 31.2 Å². The second-order valence-corrected chi connectivity index (χ2v) is 3.95. The smallest absolute Gasteiger partial charge is 0.256 e. The van der Waals surface area contributed by atoms with Crippen molar-refractivity contribution in [2.45, 2.75) is 6.92 Å². The predicted molar refractivity (Wildman–Crippen MR) is 65.5 cm³/mol. The largest absolute Gasteiger partial charge is 0.355 e. The maximum Gasteiger partial charge on any atom is 0.256 e. The van der Waals surface area contributed by atoms with Crippen LogP contribution in [-0.4, -0.2) is 23.2 Å². The van der Waals surface area contributed by atoms with E-state index in [0.717, 1.165) is 12.1 Å². The molecule has 1 heterocycles. The molecule has 0 fully saturated rings. The van der Waals surface area contributed by atoms with Gasteiger partial charge in [-0.15, -0.1) is 0 Å². The number of aromatic nitrogens is 2. The van der Waals surface area contributed by atoms with Gasteiger partial charge in [-0.1, -0.05) is 0 Å². The van der Waals surface area contributed by atoms with E-state index in [9.17, 15) is 13.6 Å². The Kier molecular flexibility index (Phi) is 3.50. The van der Waals surface area contributed by atoms with E-state index < -0.39 is 23.1 Å². The highest BCUT2D eigenvalue weighted by molar-refractivity contribution is 5.95. The van der Waals surface area contributed by atoms with Gasteiger partial charge in [0, 0.05) is 12.6 Å². The molecule has 0 aliphatic carbocycles.